The third-order valence-corrected chi connectivity index (χ3v) is 5.23. The van der Waals surface area contributed by atoms with E-state index in [1.807, 2.05) is 6.92 Å². The molecule has 0 aliphatic heterocycles. The number of nitrogens with zero attached hydrogens (tertiary/aromatic N) is 1. The number of carbonyl (C=O) groups excluding carboxylic acids is 1. The maximum absolute atomic E-state index is 12.4. The van der Waals surface area contributed by atoms with Gasteiger partial charge >= 0.3 is 0 Å². The molecule has 1 heterocycles. The molecular weight excluding hydrogens is 422 g/mol. The van der Waals surface area contributed by atoms with Gasteiger partial charge in [0.05, 0.1) is 11.5 Å². The van der Waals surface area contributed by atoms with Gasteiger partial charge in [-0.2, -0.15) is 5.10 Å². The van der Waals surface area contributed by atoms with Gasteiger partial charge in [-0.25, -0.2) is 8.42 Å². The molecule has 31 heavy (non-hydrogen) atoms. The molecule has 0 saturated carbocycles. The van der Waals surface area contributed by atoms with Gasteiger partial charge in [0, 0.05) is 43.4 Å². The molecule has 164 valence electrons. The Hall–Kier alpha value is -3.37. The van der Waals surface area contributed by atoms with E-state index in [4.69, 9.17) is 14.2 Å². The van der Waals surface area contributed by atoms with Crippen molar-refractivity contribution >= 4 is 21.4 Å². The second kappa shape index (κ2) is 9.63. The highest BCUT2D eigenvalue weighted by atomic mass is 32.2. The summed E-state index contributed by atoms with van der Waals surface area (Å²) in [4.78, 5) is 12.6. The number of nitrogens with one attached hydrogen (secondary N) is 2. The molecule has 10 heteroatoms. The van der Waals surface area contributed by atoms with E-state index in [9.17, 15) is 13.2 Å². The molecule has 3 aromatic rings. The average molecular weight is 445 g/mol. The molecule has 9 nitrogen and oxygen atoms in total. The predicted octanol–water partition coefficient (Wildman–Crippen LogP) is 3.27. The van der Waals surface area contributed by atoms with Crippen molar-refractivity contribution < 1.29 is 27.4 Å². The number of benzene rings is 2. The Labute approximate surface area is 180 Å². The largest absolute Gasteiger partial charge is 0.488 e. The number of hydrogen-bond donors (Lipinski definition) is 2. The molecule has 3 rings (SSSR count). The van der Waals surface area contributed by atoms with Crippen molar-refractivity contribution in [2.45, 2.75) is 17.9 Å². The van der Waals surface area contributed by atoms with Crippen molar-refractivity contribution in [1.29, 1.82) is 0 Å². The van der Waals surface area contributed by atoms with Crippen LogP contribution >= 0.6 is 0 Å². The van der Waals surface area contributed by atoms with E-state index in [2.05, 4.69) is 15.5 Å². The lowest BCUT2D eigenvalue weighted by Gasteiger charge is -2.16. The first-order chi connectivity index (χ1) is 14.7. The van der Waals surface area contributed by atoms with Crippen LogP contribution in [0.4, 0.5) is 5.69 Å². The van der Waals surface area contributed by atoms with Crippen LogP contribution in [0.25, 0.3) is 0 Å². The standard InChI is InChI=1S/C21H23N3O6S/c1-14(13-28-2)29-17-10-15(23-21(25)20-8-9-22-24-20)11-18(12-17)30-16-4-6-19(7-5-16)31(3,26)27/h4-12,14H,13H2,1-3H3,(H,22,24)(H,23,25)/t14-/m0/s1. The summed E-state index contributed by atoms with van der Waals surface area (Å²) < 4.78 is 40.1. The fourth-order valence-electron chi connectivity index (χ4n) is 2.74. The summed E-state index contributed by atoms with van der Waals surface area (Å²) in [6.07, 6.45) is 2.46. The van der Waals surface area contributed by atoms with Crippen LogP contribution in [0.15, 0.2) is 59.6 Å². The van der Waals surface area contributed by atoms with Crippen molar-refractivity contribution in [2.24, 2.45) is 0 Å². The Kier molecular flexibility index (Phi) is 6.93. The van der Waals surface area contributed by atoms with Crippen molar-refractivity contribution in [3.8, 4) is 17.2 Å². The Bertz CT molecular complexity index is 1130. The second-order valence-electron chi connectivity index (χ2n) is 6.84. The van der Waals surface area contributed by atoms with Crippen LogP contribution < -0.4 is 14.8 Å². The molecule has 0 fully saturated rings. The van der Waals surface area contributed by atoms with Crippen LogP contribution in [0, 0.1) is 0 Å². The molecule has 1 aromatic heterocycles. The van der Waals surface area contributed by atoms with Gasteiger partial charge in [-0.1, -0.05) is 0 Å². The number of methoxy groups -OCH3 is 1. The van der Waals surface area contributed by atoms with Crippen molar-refractivity contribution in [3.05, 3.63) is 60.4 Å². The highest BCUT2D eigenvalue weighted by molar-refractivity contribution is 7.90. The van der Waals surface area contributed by atoms with E-state index >= 15 is 0 Å². The summed E-state index contributed by atoms with van der Waals surface area (Å²) in [5, 5.41) is 9.20. The zero-order valence-corrected chi connectivity index (χ0v) is 18.1. The monoisotopic (exact) mass is 445 g/mol. The number of H-pyrrole nitrogens is 1. The van der Waals surface area contributed by atoms with Crippen molar-refractivity contribution in [2.75, 3.05) is 25.3 Å². The van der Waals surface area contributed by atoms with Gasteiger partial charge in [-0.15, -0.1) is 0 Å². The molecule has 1 atom stereocenters. The third-order valence-electron chi connectivity index (χ3n) is 4.10. The lowest BCUT2D eigenvalue weighted by Crippen LogP contribution is -2.18. The second-order valence-corrected chi connectivity index (χ2v) is 8.85. The number of anilines is 1. The average Bonchev–Trinajstić information content (AvgIpc) is 3.22. The predicted molar refractivity (Wildman–Crippen MR) is 115 cm³/mol. The van der Waals surface area contributed by atoms with Gasteiger partial charge in [0.1, 0.15) is 29.0 Å². The summed E-state index contributed by atoms with van der Waals surface area (Å²) in [5.74, 6) is 0.893. The van der Waals surface area contributed by atoms with Crippen molar-refractivity contribution in [1.82, 2.24) is 10.2 Å². The summed E-state index contributed by atoms with van der Waals surface area (Å²) in [6.45, 7) is 2.23. The van der Waals surface area contributed by atoms with Gasteiger partial charge < -0.3 is 19.5 Å². The third kappa shape index (κ3) is 6.30. The number of aromatic nitrogens is 2. The summed E-state index contributed by atoms with van der Waals surface area (Å²) in [7, 11) is -1.72. The molecular formula is C21H23N3O6S. The van der Waals surface area contributed by atoms with E-state index < -0.39 is 15.7 Å². The van der Waals surface area contributed by atoms with Crippen LogP contribution in [0.1, 0.15) is 17.4 Å². The fraction of sp³-hybridized carbons (Fsp3) is 0.238. The topological polar surface area (TPSA) is 120 Å². The molecule has 0 bridgehead atoms. The normalized spacial score (nSPS) is 12.2. The molecule has 0 aliphatic rings. The lowest BCUT2D eigenvalue weighted by molar-refractivity contribution is 0.0920. The first-order valence-electron chi connectivity index (χ1n) is 9.34. The number of amides is 1. The maximum atomic E-state index is 12.4. The number of hydrogen-bond acceptors (Lipinski definition) is 7. The molecule has 2 N–H and O–H groups in total. The first kappa shape index (κ1) is 22.3. The molecule has 0 spiro atoms. The Morgan fingerprint density at radius 2 is 1.81 bits per heavy atom. The molecule has 0 aliphatic carbocycles. The Morgan fingerprint density at radius 1 is 1.10 bits per heavy atom. The van der Waals surface area contributed by atoms with Gasteiger partial charge in [-0.3, -0.25) is 9.89 Å². The van der Waals surface area contributed by atoms with Crippen LogP contribution in [-0.4, -0.2) is 50.6 Å². The molecule has 0 radical (unpaired) electrons. The SMILES string of the molecule is COC[C@H](C)Oc1cc(NC(=O)c2cc[nH]n2)cc(Oc2ccc(S(C)(=O)=O)cc2)c1. The summed E-state index contributed by atoms with van der Waals surface area (Å²) in [6, 6.07) is 12.5. The van der Waals surface area contributed by atoms with Gasteiger partial charge in [0.15, 0.2) is 9.84 Å². The van der Waals surface area contributed by atoms with E-state index in [1.54, 1.807) is 49.7 Å². The van der Waals surface area contributed by atoms with E-state index in [-0.39, 0.29) is 16.7 Å². The van der Waals surface area contributed by atoms with E-state index in [0.29, 0.717) is 29.5 Å². The highest BCUT2D eigenvalue weighted by Gasteiger charge is 2.13. The van der Waals surface area contributed by atoms with Gasteiger partial charge in [-0.05, 0) is 37.3 Å². The minimum absolute atomic E-state index is 0.192. The summed E-state index contributed by atoms with van der Waals surface area (Å²) >= 11 is 0. The molecule has 2 aromatic carbocycles. The minimum atomic E-state index is -3.30. The van der Waals surface area contributed by atoms with Crippen LogP contribution in [0.5, 0.6) is 17.2 Å². The van der Waals surface area contributed by atoms with Gasteiger partial charge in [0.2, 0.25) is 0 Å². The molecule has 1 amide bonds. The highest BCUT2D eigenvalue weighted by Crippen LogP contribution is 2.31. The number of carbonyl (C=O) groups is 1. The number of aromatic amines is 1. The van der Waals surface area contributed by atoms with Crippen LogP contribution in [0.2, 0.25) is 0 Å². The first-order valence-corrected chi connectivity index (χ1v) is 11.2. The molecule has 0 saturated heterocycles. The van der Waals surface area contributed by atoms with Crippen LogP contribution in [-0.2, 0) is 14.6 Å². The number of sulfone groups is 1. The number of rotatable bonds is 9. The van der Waals surface area contributed by atoms with E-state index in [0.717, 1.165) is 6.26 Å². The fourth-order valence-corrected chi connectivity index (χ4v) is 3.38. The molecule has 0 unspecified atom stereocenters. The zero-order chi connectivity index (χ0) is 22.4. The van der Waals surface area contributed by atoms with Gasteiger partial charge in [0.25, 0.3) is 5.91 Å². The van der Waals surface area contributed by atoms with E-state index in [1.165, 1.54) is 12.1 Å². The smallest absolute Gasteiger partial charge is 0.276 e. The van der Waals surface area contributed by atoms with Crippen LogP contribution in [0.3, 0.4) is 0 Å². The quantitative estimate of drug-likeness (QED) is 0.519. The zero-order valence-electron chi connectivity index (χ0n) is 17.3. The number of ether oxygens (including phenoxy) is 3. The lowest BCUT2D eigenvalue weighted by atomic mass is 10.2. The minimum Gasteiger partial charge on any atom is -0.488 e. The summed E-state index contributed by atoms with van der Waals surface area (Å²) in [5.41, 5.74) is 0.677. The van der Waals surface area contributed by atoms with Crippen molar-refractivity contribution in [3.63, 3.8) is 0 Å². The maximum Gasteiger partial charge on any atom is 0.276 e. The Balaban J connectivity index is 1.85. The Morgan fingerprint density at radius 3 is 2.42 bits per heavy atom.